The third-order valence-electron chi connectivity index (χ3n) is 3.42. The van der Waals surface area contributed by atoms with Gasteiger partial charge in [0.05, 0.1) is 5.69 Å². The van der Waals surface area contributed by atoms with Gasteiger partial charge in [0.15, 0.2) is 0 Å². The Bertz CT molecular complexity index is 997. The van der Waals surface area contributed by atoms with E-state index in [0.717, 1.165) is 27.6 Å². The van der Waals surface area contributed by atoms with E-state index in [0.29, 0.717) is 11.4 Å². The lowest BCUT2D eigenvalue weighted by atomic mass is 10.1. The number of nitriles is 1. The molecule has 0 radical (unpaired) electrons. The summed E-state index contributed by atoms with van der Waals surface area (Å²) in [6.07, 6.45) is 1.75. The van der Waals surface area contributed by atoms with Crippen molar-refractivity contribution in [3.63, 3.8) is 0 Å². The van der Waals surface area contributed by atoms with Crippen LogP contribution >= 0.6 is 0 Å². The van der Waals surface area contributed by atoms with Crippen molar-refractivity contribution in [1.29, 1.82) is 5.26 Å². The Labute approximate surface area is 120 Å². The predicted molar refractivity (Wildman–Crippen MR) is 79.5 cm³/mol. The summed E-state index contributed by atoms with van der Waals surface area (Å²) < 4.78 is 5.88. The van der Waals surface area contributed by atoms with Gasteiger partial charge in [-0.1, -0.05) is 18.2 Å². The first-order chi connectivity index (χ1) is 10.4. The highest BCUT2D eigenvalue weighted by Crippen LogP contribution is 2.34. The Morgan fingerprint density at radius 1 is 0.952 bits per heavy atom. The van der Waals surface area contributed by atoms with Crippen molar-refractivity contribution in [1.82, 2.24) is 9.97 Å². The van der Waals surface area contributed by atoms with Crippen molar-refractivity contribution in [2.45, 2.75) is 0 Å². The Kier molecular flexibility index (Phi) is 2.45. The lowest BCUT2D eigenvalue weighted by Crippen LogP contribution is -1.81. The van der Waals surface area contributed by atoms with Gasteiger partial charge in [0.1, 0.15) is 17.3 Å². The summed E-state index contributed by atoms with van der Waals surface area (Å²) in [5.41, 5.74) is 3.34. The van der Waals surface area contributed by atoms with E-state index in [4.69, 9.17) is 9.68 Å². The number of rotatable bonds is 1. The van der Waals surface area contributed by atoms with Gasteiger partial charge in [-0.15, -0.1) is 0 Å². The summed E-state index contributed by atoms with van der Waals surface area (Å²) >= 11 is 0. The molecule has 0 saturated heterocycles. The smallest absolute Gasteiger partial charge is 0.228 e. The molecule has 0 aliphatic rings. The maximum Gasteiger partial charge on any atom is 0.228 e. The first-order valence-electron chi connectivity index (χ1n) is 6.50. The first-order valence-corrected chi connectivity index (χ1v) is 6.50. The lowest BCUT2D eigenvalue weighted by molar-refractivity contribution is 0.654. The molecule has 21 heavy (non-hydrogen) atoms. The third kappa shape index (κ3) is 1.76. The quantitative estimate of drug-likeness (QED) is 0.526. The molecule has 4 nitrogen and oxygen atoms in total. The topological polar surface area (TPSA) is 62.7 Å². The lowest BCUT2D eigenvalue weighted by Gasteiger charge is -2.00. The minimum atomic E-state index is 0.348. The molecule has 0 amide bonds. The van der Waals surface area contributed by atoms with Crippen molar-refractivity contribution in [2.75, 3.05) is 0 Å². The van der Waals surface area contributed by atoms with Crippen molar-refractivity contribution in [2.24, 2.45) is 0 Å². The van der Waals surface area contributed by atoms with E-state index in [1.165, 1.54) is 0 Å². The molecular formula is C17H9N3O. The van der Waals surface area contributed by atoms with Crippen molar-refractivity contribution in [3.8, 4) is 17.3 Å². The molecule has 0 atom stereocenters. The van der Waals surface area contributed by atoms with Gasteiger partial charge in [0.2, 0.25) is 5.71 Å². The minimum Gasteiger partial charge on any atom is -0.437 e. The molecule has 0 spiro atoms. The molecule has 0 N–H and O–H groups in total. The molecule has 0 aliphatic heterocycles. The van der Waals surface area contributed by atoms with Gasteiger partial charge in [-0.05, 0) is 30.3 Å². The fraction of sp³-hybridized carbons (Fsp3) is 0. The number of benzene rings is 1. The van der Waals surface area contributed by atoms with E-state index in [-0.39, 0.29) is 0 Å². The molecule has 0 aliphatic carbocycles. The van der Waals surface area contributed by atoms with Crippen LogP contribution in [0.4, 0.5) is 0 Å². The zero-order valence-electron chi connectivity index (χ0n) is 10.9. The van der Waals surface area contributed by atoms with E-state index < -0.39 is 0 Å². The van der Waals surface area contributed by atoms with Crippen LogP contribution in [0.1, 0.15) is 5.69 Å². The van der Waals surface area contributed by atoms with E-state index in [1.54, 1.807) is 12.3 Å². The maximum atomic E-state index is 8.94. The van der Waals surface area contributed by atoms with Gasteiger partial charge >= 0.3 is 0 Å². The van der Waals surface area contributed by atoms with Crippen molar-refractivity contribution >= 4 is 22.1 Å². The largest absolute Gasteiger partial charge is 0.437 e. The number of hydrogen-bond donors (Lipinski definition) is 0. The normalized spacial score (nSPS) is 10.8. The minimum absolute atomic E-state index is 0.348. The molecule has 4 rings (SSSR count). The Balaban J connectivity index is 2.08. The van der Waals surface area contributed by atoms with Crippen LogP contribution in [0.5, 0.6) is 0 Å². The number of para-hydroxylation sites is 1. The number of nitrogens with zero attached hydrogens (tertiary/aromatic N) is 3. The molecule has 0 bridgehead atoms. The SMILES string of the molecule is N#Cc1ccc2c(n1)oc1c(-c3ccccn3)cccc12. The average molecular weight is 271 g/mol. The van der Waals surface area contributed by atoms with E-state index >= 15 is 0 Å². The Morgan fingerprint density at radius 3 is 2.71 bits per heavy atom. The molecule has 3 heterocycles. The Morgan fingerprint density at radius 2 is 1.90 bits per heavy atom. The van der Waals surface area contributed by atoms with Gasteiger partial charge in [-0.3, -0.25) is 4.98 Å². The van der Waals surface area contributed by atoms with E-state index in [1.807, 2.05) is 48.5 Å². The van der Waals surface area contributed by atoms with Gasteiger partial charge in [0.25, 0.3) is 0 Å². The molecular weight excluding hydrogens is 262 g/mol. The maximum absolute atomic E-state index is 8.94. The van der Waals surface area contributed by atoms with Crippen molar-refractivity contribution < 1.29 is 4.42 Å². The number of furan rings is 1. The second-order valence-corrected chi connectivity index (χ2v) is 4.66. The standard InChI is InChI=1S/C17H9N3O/c18-10-11-7-8-13-12-4-3-5-14(15-6-1-2-9-19-15)16(12)21-17(13)20-11/h1-9H. The number of fused-ring (bicyclic) bond motifs is 3. The molecule has 0 unspecified atom stereocenters. The van der Waals surface area contributed by atoms with Gasteiger partial charge in [0, 0.05) is 22.5 Å². The molecule has 4 aromatic rings. The van der Waals surface area contributed by atoms with Crippen LogP contribution in [-0.4, -0.2) is 9.97 Å². The predicted octanol–water partition coefficient (Wildman–Crippen LogP) is 3.91. The highest BCUT2D eigenvalue weighted by molar-refractivity contribution is 6.08. The summed E-state index contributed by atoms with van der Waals surface area (Å²) in [5.74, 6) is 0. The molecule has 1 aromatic carbocycles. The van der Waals surface area contributed by atoms with Crippen LogP contribution in [-0.2, 0) is 0 Å². The molecule has 3 aromatic heterocycles. The van der Waals surface area contributed by atoms with Gasteiger partial charge in [-0.2, -0.15) is 5.26 Å². The van der Waals surface area contributed by atoms with Crippen LogP contribution in [0.3, 0.4) is 0 Å². The number of hydrogen-bond acceptors (Lipinski definition) is 4. The summed E-state index contributed by atoms with van der Waals surface area (Å²) in [7, 11) is 0. The number of aromatic nitrogens is 2. The van der Waals surface area contributed by atoms with Crippen LogP contribution < -0.4 is 0 Å². The molecule has 0 fully saturated rings. The fourth-order valence-electron chi connectivity index (χ4n) is 2.47. The summed E-state index contributed by atoms with van der Waals surface area (Å²) in [5, 5.41) is 10.8. The molecule has 4 heteroatoms. The van der Waals surface area contributed by atoms with Crippen LogP contribution in [0, 0.1) is 11.3 Å². The highest BCUT2D eigenvalue weighted by atomic mass is 16.3. The Hall–Kier alpha value is -3.19. The molecule has 98 valence electrons. The van der Waals surface area contributed by atoms with Crippen molar-refractivity contribution in [3.05, 3.63) is 60.4 Å². The number of pyridine rings is 2. The first kappa shape index (κ1) is 11.6. The third-order valence-corrected chi connectivity index (χ3v) is 3.42. The summed E-state index contributed by atoms with van der Waals surface area (Å²) in [6.45, 7) is 0. The van der Waals surface area contributed by atoms with Crippen LogP contribution in [0.2, 0.25) is 0 Å². The second kappa shape index (κ2) is 4.43. The van der Waals surface area contributed by atoms with Gasteiger partial charge < -0.3 is 4.42 Å². The zero-order chi connectivity index (χ0) is 14.2. The zero-order valence-corrected chi connectivity index (χ0v) is 10.9. The van der Waals surface area contributed by atoms with E-state index in [9.17, 15) is 0 Å². The fourth-order valence-corrected chi connectivity index (χ4v) is 2.47. The van der Waals surface area contributed by atoms with E-state index in [2.05, 4.69) is 9.97 Å². The second-order valence-electron chi connectivity index (χ2n) is 4.66. The summed E-state index contributed by atoms with van der Waals surface area (Å²) in [6, 6.07) is 17.3. The van der Waals surface area contributed by atoms with Crippen LogP contribution in [0.15, 0.2) is 59.1 Å². The monoisotopic (exact) mass is 271 g/mol. The molecule has 0 saturated carbocycles. The van der Waals surface area contributed by atoms with Crippen LogP contribution in [0.25, 0.3) is 33.3 Å². The van der Waals surface area contributed by atoms with Gasteiger partial charge in [-0.25, -0.2) is 4.98 Å². The highest BCUT2D eigenvalue weighted by Gasteiger charge is 2.13. The average Bonchev–Trinajstić information content (AvgIpc) is 2.93. The summed E-state index contributed by atoms with van der Waals surface area (Å²) in [4.78, 5) is 8.59.